The van der Waals surface area contributed by atoms with E-state index in [-0.39, 0.29) is 17.4 Å². The lowest BCUT2D eigenvalue weighted by molar-refractivity contribution is -0.138. The Labute approximate surface area is 165 Å². The first-order valence-electron chi connectivity index (χ1n) is 9.16. The molecule has 0 spiro atoms. The molecule has 2 aromatic rings. The molecule has 1 aliphatic rings. The van der Waals surface area contributed by atoms with Gasteiger partial charge in [0.25, 0.3) is 0 Å². The molecule has 3 heteroatoms. The Bertz CT molecular complexity index is 784. The lowest BCUT2D eigenvalue weighted by Crippen LogP contribution is -2.47. The molecular formula is C23H26BrNO. The van der Waals surface area contributed by atoms with Crippen LogP contribution in [0.5, 0.6) is 0 Å². The van der Waals surface area contributed by atoms with Crippen molar-refractivity contribution in [1.82, 2.24) is 4.90 Å². The summed E-state index contributed by atoms with van der Waals surface area (Å²) in [5.74, 6) is 0.233. The number of nitrogens with zero attached hydrogens (tertiary/aromatic N) is 1. The number of likely N-dealkylation sites (tertiary alicyclic amines) is 1. The first kappa shape index (κ1) is 18.9. The summed E-state index contributed by atoms with van der Waals surface area (Å²) >= 11 is 3.48. The Morgan fingerprint density at radius 1 is 1.19 bits per heavy atom. The average molecular weight is 412 g/mol. The fraction of sp³-hybridized carbons (Fsp3) is 0.348. The van der Waals surface area contributed by atoms with Gasteiger partial charge in [-0.15, -0.1) is 6.58 Å². The van der Waals surface area contributed by atoms with E-state index in [0.29, 0.717) is 6.42 Å². The second-order valence-corrected chi connectivity index (χ2v) is 8.44. The minimum atomic E-state index is -0.125. The van der Waals surface area contributed by atoms with E-state index >= 15 is 0 Å². The van der Waals surface area contributed by atoms with Crippen LogP contribution in [0.4, 0.5) is 0 Å². The molecule has 0 saturated carbocycles. The minimum absolute atomic E-state index is 0.0919. The van der Waals surface area contributed by atoms with Crippen LogP contribution in [0.15, 0.2) is 71.2 Å². The van der Waals surface area contributed by atoms with Crippen molar-refractivity contribution in [2.75, 3.05) is 6.54 Å². The van der Waals surface area contributed by atoms with Gasteiger partial charge in [0.05, 0.1) is 6.04 Å². The quantitative estimate of drug-likeness (QED) is 0.549. The van der Waals surface area contributed by atoms with Crippen molar-refractivity contribution in [3.05, 3.63) is 82.3 Å². The molecule has 0 aliphatic carbocycles. The molecule has 1 amide bonds. The molecule has 2 atom stereocenters. The summed E-state index contributed by atoms with van der Waals surface area (Å²) in [4.78, 5) is 15.2. The summed E-state index contributed by atoms with van der Waals surface area (Å²) in [5, 5.41) is 0. The number of hydrogen-bond donors (Lipinski definition) is 0. The number of hydrogen-bond acceptors (Lipinski definition) is 1. The Hall–Kier alpha value is -1.87. The van der Waals surface area contributed by atoms with E-state index in [4.69, 9.17) is 0 Å². The Morgan fingerprint density at radius 2 is 1.85 bits per heavy atom. The molecular weight excluding hydrogens is 386 g/mol. The van der Waals surface area contributed by atoms with E-state index in [9.17, 15) is 4.79 Å². The number of carbonyl (C=O) groups excluding carboxylic acids is 1. The SMILES string of the molecule is C=C(C)CC1(c2ccccc2)CCN([C@@H](C)c2ccc(Br)cc2)C(=O)C1. The van der Waals surface area contributed by atoms with Gasteiger partial charge in [0.15, 0.2) is 0 Å². The van der Waals surface area contributed by atoms with Gasteiger partial charge in [-0.05, 0) is 49.9 Å². The van der Waals surface area contributed by atoms with Gasteiger partial charge in [-0.3, -0.25) is 4.79 Å². The van der Waals surface area contributed by atoms with Crippen molar-refractivity contribution in [3.63, 3.8) is 0 Å². The van der Waals surface area contributed by atoms with Crippen molar-refractivity contribution in [3.8, 4) is 0 Å². The molecule has 1 saturated heterocycles. The first-order chi connectivity index (χ1) is 12.4. The van der Waals surface area contributed by atoms with E-state index in [2.05, 4.69) is 72.8 Å². The fourth-order valence-electron chi connectivity index (χ4n) is 4.14. The lowest BCUT2D eigenvalue weighted by atomic mass is 9.68. The van der Waals surface area contributed by atoms with Crippen LogP contribution in [-0.4, -0.2) is 17.4 Å². The Balaban J connectivity index is 1.84. The highest BCUT2D eigenvalue weighted by Crippen LogP contribution is 2.42. The predicted molar refractivity (Wildman–Crippen MR) is 111 cm³/mol. The van der Waals surface area contributed by atoms with Crippen LogP contribution in [0.3, 0.4) is 0 Å². The van der Waals surface area contributed by atoms with E-state index in [0.717, 1.165) is 29.4 Å². The summed E-state index contributed by atoms with van der Waals surface area (Å²) in [5.41, 5.74) is 3.44. The van der Waals surface area contributed by atoms with Gasteiger partial charge >= 0.3 is 0 Å². The molecule has 1 aliphatic heterocycles. The third kappa shape index (κ3) is 3.93. The van der Waals surface area contributed by atoms with E-state index in [1.54, 1.807) is 0 Å². The second kappa shape index (κ2) is 7.79. The molecule has 26 heavy (non-hydrogen) atoms. The van der Waals surface area contributed by atoms with Gasteiger partial charge in [-0.2, -0.15) is 0 Å². The highest BCUT2D eigenvalue weighted by Gasteiger charge is 2.41. The minimum Gasteiger partial charge on any atom is -0.336 e. The topological polar surface area (TPSA) is 20.3 Å². The number of amides is 1. The summed E-state index contributed by atoms with van der Waals surface area (Å²) in [7, 11) is 0. The molecule has 2 nitrogen and oxygen atoms in total. The molecule has 3 rings (SSSR count). The number of rotatable bonds is 5. The van der Waals surface area contributed by atoms with Crippen molar-refractivity contribution in [1.29, 1.82) is 0 Å². The van der Waals surface area contributed by atoms with Crippen LogP contribution in [0, 0.1) is 0 Å². The highest BCUT2D eigenvalue weighted by molar-refractivity contribution is 9.10. The first-order valence-corrected chi connectivity index (χ1v) is 9.95. The zero-order valence-electron chi connectivity index (χ0n) is 15.5. The van der Waals surface area contributed by atoms with Gasteiger partial charge in [0.1, 0.15) is 0 Å². The van der Waals surface area contributed by atoms with E-state index < -0.39 is 0 Å². The molecule has 0 radical (unpaired) electrons. The molecule has 136 valence electrons. The van der Waals surface area contributed by atoms with E-state index in [1.165, 1.54) is 11.1 Å². The molecule has 1 fully saturated rings. The highest BCUT2D eigenvalue weighted by atomic mass is 79.9. The van der Waals surface area contributed by atoms with Gasteiger partial charge in [0, 0.05) is 22.9 Å². The third-order valence-electron chi connectivity index (χ3n) is 5.49. The summed E-state index contributed by atoms with van der Waals surface area (Å²) < 4.78 is 1.06. The molecule has 1 unspecified atom stereocenters. The number of benzene rings is 2. The number of carbonyl (C=O) groups is 1. The largest absolute Gasteiger partial charge is 0.336 e. The maximum atomic E-state index is 13.1. The fourth-order valence-corrected chi connectivity index (χ4v) is 4.40. The monoisotopic (exact) mass is 411 g/mol. The van der Waals surface area contributed by atoms with Crippen LogP contribution in [0.1, 0.15) is 50.3 Å². The van der Waals surface area contributed by atoms with Gasteiger partial charge < -0.3 is 4.90 Å². The molecule has 0 bridgehead atoms. The zero-order chi connectivity index (χ0) is 18.7. The van der Waals surface area contributed by atoms with Crippen molar-refractivity contribution in [2.24, 2.45) is 0 Å². The van der Waals surface area contributed by atoms with Crippen molar-refractivity contribution < 1.29 is 4.79 Å². The van der Waals surface area contributed by atoms with E-state index in [1.807, 2.05) is 23.1 Å². The van der Waals surface area contributed by atoms with Crippen LogP contribution in [-0.2, 0) is 10.2 Å². The predicted octanol–water partition coefficient (Wildman–Crippen LogP) is 6.04. The van der Waals surface area contributed by atoms with Crippen LogP contribution in [0.2, 0.25) is 0 Å². The van der Waals surface area contributed by atoms with Crippen molar-refractivity contribution in [2.45, 2.75) is 44.6 Å². The average Bonchev–Trinajstić information content (AvgIpc) is 2.62. The number of piperidine rings is 1. The number of halogens is 1. The lowest BCUT2D eigenvalue weighted by Gasteiger charge is -2.44. The molecule has 0 aromatic heterocycles. The summed E-state index contributed by atoms with van der Waals surface area (Å²) in [6.07, 6.45) is 2.38. The summed E-state index contributed by atoms with van der Waals surface area (Å²) in [6.45, 7) is 9.08. The van der Waals surface area contributed by atoms with Crippen molar-refractivity contribution >= 4 is 21.8 Å². The zero-order valence-corrected chi connectivity index (χ0v) is 17.1. The van der Waals surface area contributed by atoms with Crippen LogP contribution >= 0.6 is 15.9 Å². The van der Waals surface area contributed by atoms with Gasteiger partial charge in [0.2, 0.25) is 5.91 Å². The third-order valence-corrected chi connectivity index (χ3v) is 6.02. The van der Waals surface area contributed by atoms with Gasteiger partial charge in [-0.25, -0.2) is 0 Å². The smallest absolute Gasteiger partial charge is 0.223 e. The summed E-state index contributed by atoms with van der Waals surface area (Å²) in [6, 6.07) is 18.8. The Morgan fingerprint density at radius 3 is 2.42 bits per heavy atom. The second-order valence-electron chi connectivity index (χ2n) is 7.52. The standard InChI is InChI=1S/C23H26BrNO/c1-17(2)15-23(20-7-5-4-6-8-20)13-14-25(22(26)16-23)18(3)19-9-11-21(24)12-10-19/h4-12,18H,1,13-16H2,2-3H3/t18-,23?/m0/s1. The molecule has 2 aromatic carbocycles. The number of allylic oxidation sites excluding steroid dienone is 1. The van der Waals surface area contributed by atoms with Crippen LogP contribution < -0.4 is 0 Å². The molecule has 1 heterocycles. The normalized spacial score (nSPS) is 21.5. The van der Waals surface area contributed by atoms with Gasteiger partial charge in [-0.1, -0.05) is 64.0 Å². The maximum Gasteiger partial charge on any atom is 0.223 e. The maximum absolute atomic E-state index is 13.1. The van der Waals surface area contributed by atoms with Crippen LogP contribution in [0.25, 0.3) is 0 Å². The molecule has 0 N–H and O–H groups in total. The Kier molecular flexibility index (Phi) is 5.67.